The molecular formula is C21H23N3O2S. The number of ether oxygens (including phenoxy) is 1. The number of thiophene rings is 1. The van der Waals surface area contributed by atoms with Gasteiger partial charge in [-0.25, -0.2) is 0 Å². The molecule has 0 spiro atoms. The quantitative estimate of drug-likeness (QED) is 0.713. The molecule has 1 aromatic carbocycles. The molecule has 5 nitrogen and oxygen atoms in total. The van der Waals surface area contributed by atoms with E-state index in [1.807, 2.05) is 36.0 Å². The second-order valence-corrected chi connectivity index (χ2v) is 7.46. The molecule has 27 heavy (non-hydrogen) atoms. The molecule has 3 heterocycles. The van der Waals surface area contributed by atoms with Gasteiger partial charge in [0.15, 0.2) is 0 Å². The number of morpholine rings is 1. The maximum absolute atomic E-state index is 12.4. The van der Waals surface area contributed by atoms with Crippen LogP contribution in [0.3, 0.4) is 0 Å². The van der Waals surface area contributed by atoms with Crippen LogP contribution in [-0.2, 0) is 4.74 Å². The molecule has 1 aliphatic heterocycles. The number of amides is 1. The summed E-state index contributed by atoms with van der Waals surface area (Å²) < 4.78 is 7.42. The molecule has 0 radical (unpaired) electrons. The second kappa shape index (κ2) is 8.52. The van der Waals surface area contributed by atoms with Crippen molar-refractivity contribution in [3.8, 4) is 16.8 Å². The SMILES string of the molecule is O=C(NCCN1CCOCC1)c1cc(-c2ccc(-n3cccc3)cc2)cs1. The van der Waals surface area contributed by atoms with E-state index in [2.05, 4.69) is 39.0 Å². The number of nitrogens with zero attached hydrogens (tertiary/aromatic N) is 2. The number of rotatable bonds is 6. The third-order valence-corrected chi connectivity index (χ3v) is 5.67. The van der Waals surface area contributed by atoms with Crippen molar-refractivity contribution in [2.45, 2.75) is 0 Å². The Labute approximate surface area is 163 Å². The van der Waals surface area contributed by atoms with Crippen LogP contribution in [-0.4, -0.2) is 54.8 Å². The molecule has 0 atom stereocenters. The molecule has 4 rings (SSSR count). The number of hydrogen-bond acceptors (Lipinski definition) is 4. The van der Waals surface area contributed by atoms with Crippen molar-refractivity contribution >= 4 is 17.2 Å². The van der Waals surface area contributed by atoms with Crippen LogP contribution in [0.15, 0.2) is 60.2 Å². The molecule has 140 valence electrons. The van der Waals surface area contributed by atoms with Crippen LogP contribution in [0.5, 0.6) is 0 Å². The fraction of sp³-hybridized carbons (Fsp3) is 0.286. The van der Waals surface area contributed by atoms with Crippen molar-refractivity contribution in [2.24, 2.45) is 0 Å². The minimum absolute atomic E-state index is 0.00321. The Bertz CT molecular complexity index is 865. The van der Waals surface area contributed by atoms with Crippen LogP contribution in [0.2, 0.25) is 0 Å². The van der Waals surface area contributed by atoms with E-state index in [0.29, 0.717) is 6.54 Å². The Morgan fingerprint density at radius 3 is 2.56 bits per heavy atom. The van der Waals surface area contributed by atoms with Crippen LogP contribution in [0, 0.1) is 0 Å². The maximum atomic E-state index is 12.4. The van der Waals surface area contributed by atoms with Gasteiger partial charge in [-0.2, -0.15) is 0 Å². The standard InChI is InChI=1S/C21H23N3O2S/c25-21(22-7-10-23-11-13-26-14-12-23)20-15-18(16-27-20)17-3-5-19(6-4-17)24-8-1-2-9-24/h1-6,8-9,15-16H,7,10-14H2,(H,22,25). The Kier molecular flexibility index (Phi) is 5.67. The van der Waals surface area contributed by atoms with Gasteiger partial charge in [-0.15, -0.1) is 11.3 Å². The first-order valence-electron chi connectivity index (χ1n) is 9.20. The number of carbonyl (C=O) groups is 1. The first-order valence-corrected chi connectivity index (χ1v) is 10.1. The highest BCUT2D eigenvalue weighted by molar-refractivity contribution is 7.12. The molecule has 0 aliphatic carbocycles. The Hall–Kier alpha value is -2.41. The molecule has 3 aromatic rings. The number of aromatic nitrogens is 1. The van der Waals surface area contributed by atoms with Crippen molar-refractivity contribution < 1.29 is 9.53 Å². The van der Waals surface area contributed by atoms with Crippen LogP contribution >= 0.6 is 11.3 Å². The summed E-state index contributed by atoms with van der Waals surface area (Å²) in [5.74, 6) is 0.00321. The van der Waals surface area contributed by atoms with Gasteiger partial charge in [0, 0.05) is 44.3 Å². The van der Waals surface area contributed by atoms with Gasteiger partial charge < -0.3 is 14.6 Å². The molecule has 1 N–H and O–H groups in total. The van der Waals surface area contributed by atoms with Crippen molar-refractivity contribution in [1.29, 1.82) is 0 Å². The highest BCUT2D eigenvalue weighted by Crippen LogP contribution is 2.26. The summed E-state index contributed by atoms with van der Waals surface area (Å²) in [6.45, 7) is 4.98. The summed E-state index contributed by atoms with van der Waals surface area (Å²) in [6, 6.07) is 14.4. The van der Waals surface area contributed by atoms with Crippen LogP contribution < -0.4 is 5.32 Å². The van der Waals surface area contributed by atoms with Gasteiger partial charge in [0.1, 0.15) is 0 Å². The van der Waals surface area contributed by atoms with E-state index in [9.17, 15) is 4.79 Å². The first kappa shape index (κ1) is 18.0. The molecule has 1 amide bonds. The van der Waals surface area contributed by atoms with Gasteiger partial charge >= 0.3 is 0 Å². The lowest BCUT2D eigenvalue weighted by molar-refractivity contribution is 0.0383. The fourth-order valence-electron chi connectivity index (χ4n) is 3.18. The lowest BCUT2D eigenvalue weighted by Gasteiger charge is -2.26. The third kappa shape index (κ3) is 4.47. The molecule has 6 heteroatoms. The van der Waals surface area contributed by atoms with E-state index in [0.717, 1.165) is 54.5 Å². The Morgan fingerprint density at radius 2 is 1.81 bits per heavy atom. The summed E-state index contributed by atoms with van der Waals surface area (Å²) in [5, 5.41) is 5.07. The van der Waals surface area contributed by atoms with E-state index in [4.69, 9.17) is 4.74 Å². The summed E-state index contributed by atoms with van der Waals surface area (Å²) in [7, 11) is 0. The van der Waals surface area contributed by atoms with Gasteiger partial charge in [0.05, 0.1) is 18.1 Å². The monoisotopic (exact) mass is 381 g/mol. The van der Waals surface area contributed by atoms with Crippen molar-refractivity contribution in [2.75, 3.05) is 39.4 Å². The number of hydrogen-bond donors (Lipinski definition) is 1. The minimum atomic E-state index is 0.00321. The molecule has 0 unspecified atom stereocenters. The predicted molar refractivity (Wildman–Crippen MR) is 109 cm³/mol. The first-order chi connectivity index (χ1) is 13.3. The van der Waals surface area contributed by atoms with Crippen molar-refractivity contribution in [1.82, 2.24) is 14.8 Å². The molecule has 2 aromatic heterocycles. The predicted octanol–water partition coefficient (Wildman–Crippen LogP) is 3.27. The average molecular weight is 382 g/mol. The van der Waals surface area contributed by atoms with E-state index < -0.39 is 0 Å². The minimum Gasteiger partial charge on any atom is -0.379 e. The summed E-state index contributed by atoms with van der Waals surface area (Å²) in [6.07, 6.45) is 4.05. The Morgan fingerprint density at radius 1 is 1.07 bits per heavy atom. The molecule has 0 bridgehead atoms. The zero-order valence-corrected chi connectivity index (χ0v) is 16.0. The van der Waals surface area contributed by atoms with E-state index in [1.54, 1.807) is 0 Å². The van der Waals surface area contributed by atoms with E-state index >= 15 is 0 Å². The molecular weight excluding hydrogens is 358 g/mol. The zero-order valence-electron chi connectivity index (χ0n) is 15.1. The van der Waals surface area contributed by atoms with Crippen LogP contribution in [0.4, 0.5) is 0 Å². The molecule has 1 aliphatic rings. The van der Waals surface area contributed by atoms with Crippen molar-refractivity contribution in [3.63, 3.8) is 0 Å². The lowest BCUT2D eigenvalue weighted by Crippen LogP contribution is -2.41. The normalized spacial score (nSPS) is 15.0. The van der Waals surface area contributed by atoms with Gasteiger partial charge in [0.2, 0.25) is 0 Å². The maximum Gasteiger partial charge on any atom is 0.261 e. The topological polar surface area (TPSA) is 46.5 Å². The zero-order chi connectivity index (χ0) is 18.5. The number of nitrogens with one attached hydrogen (secondary N) is 1. The number of carbonyl (C=O) groups excluding carboxylic acids is 1. The van der Waals surface area contributed by atoms with Gasteiger partial charge in [-0.3, -0.25) is 9.69 Å². The van der Waals surface area contributed by atoms with E-state index in [-0.39, 0.29) is 5.91 Å². The average Bonchev–Trinajstić information content (AvgIpc) is 3.41. The lowest BCUT2D eigenvalue weighted by atomic mass is 10.1. The van der Waals surface area contributed by atoms with Gasteiger partial charge in [-0.1, -0.05) is 12.1 Å². The summed E-state index contributed by atoms with van der Waals surface area (Å²) >= 11 is 1.49. The summed E-state index contributed by atoms with van der Waals surface area (Å²) in [4.78, 5) is 15.5. The van der Waals surface area contributed by atoms with Gasteiger partial charge in [0.25, 0.3) is 5.91 Å². The highest BCUT2D eigenvalue weighted by Gasteiger charge is 2.12. The van der Waals surface area contributed by atoms with Crippen LogP contribution in [0.1, 0.15) is 9.67 Å². The van der Waals surface area contributed by atoms with Crippen molar-refractivity contribution in [3.05, 3.63) is 65.1 Å². The number of benzene rings is 1. The second-order valence-electron chi connectivity index (χ2n) is 6.55. The largest absolute Gasteiger partial charge is 0.379 e. The Balaban J connectivity index is 1.34. The molecule has 1 fully saturated rings. The third-order valence-electron chi connectivity index (χ3n) is 4.74. The highest BCUT2D eigenvalue weighted by atomic mass is 32.1. The van der Waals surface area contributed by atoms with Gasteiger partial charge in [-0.05, 0) is 46.8 Å². The van der Waals surface area contributed by atoms with E-state index in [1.165, 1.54) is 11.3 Å². The van der Waals surface area contributed by atoms with Crippen LogP contribution in [0.25, 0.3) is 16.8 Å². The smallest absolute Gasteiger partial charge is 0.261 e. The fourth-order valence-corrected chi connectivity index (χ4v) is 4.01. The molecule has 1 saturated heterocycles. The molecule has 0 saturated carbocycles. The summed E-state index contributed by atoms with van der Waals surface area (Å²) in [5.41, 5.74) is 3.33.